The van der Waals surface area contributed by atoms with Crippen molar-refractivity contribution in [2.24, 2.45) is 0 Å². The molecule has 1 aromatic rings. The van der Waals surface area contributed by atoms with Crippen molar-refractivity contribution in [3.05, 3.63) is 66.5 Å². The molecule has 0 bridgehead atoms. The first-order valence-corrected chi connectivity index (χ1v) is 9.02. The zero-order valence-corrected chi connectivity index (χ0v) is 14.2. The summed E-state index contributed by atoms with van der Waals surface area (Å²) in [6, 6.07) is 6.53. The van der Waals surface area contributed by atoms with E-state index in [2.05, 4.69) is 19.1 Å². The summed E-state index contributed by atoms with van der Waals surface area (Å²) in [5.74, 6) is 0. The Morgan fingerprint density at radius 1 is 1.13 bits per heavy atom. The van der Waals surface area contributed by atoms with Crippen molar-refractivity contribution in [2.75, 3.05) is 0 Å². The van der Waals surface area contributed by atoms with Crippen molar-refractivity contribution in [1.29, 1.82) is 0 Å². The smallest absolute Gasteiger partial charge is 0.338 e. The van der Waals surface area contributed by atoms with E-state index in [-0.39, 0.29) is 4.90 Å². The van der Waals surface area contributed by atoms with Crippen molar-refractivity contribution >= 4 is 10.1 Å². The minimum atomic E-state index is -3.73. The Morgan fingerprint density at radius 3 is 2.48 bits per heavy atom. The van der Waals surface area contributed by atoms with E-state index in [1.165, 1.54) is 18.4 Å². The summed E-state index contributed by atoms with van der Waals surface area (Å²) in [5, 5.41) is 0. The van der Waals surface area contributed by atoms with Crippen LogP contribution in [0, 0.1) is 6.92 Å². The van der Waals surface area contributed by atoms with E-state index in [1.807, 2.05) is 13.0 Å². The normalized spacial score (nSPS) is 21.5. The number of allylic oxidation sites excluding steroid dienone is 4. The van der Waals surface area contributed by atoms with E-state index >= 15 is 0 Å². The van der Waals surface area contributed by atoms with Gasteiger partial charge in [0.25, 0.3) is 0 Å². The van der Waals surface area contributed by atoms with E-state index in [9.17, 15) is 8.42 Å². The van der Waals surface area contributed by atoms with E-state index in [4.69, 9.17) is 8.92 Å². The molecule has 1 aliphatic rings. The molecule has 1 aromatic carbocycles. The summed E-state index contributed by atoms with van der Waals surface area (Å²) in [5.41, 5.74) is 0.998. The van der Waals surface area contributed by atoms with Gasteiger partial charge in [0.15, 0.2) is 0 Å². The lowest BCUT2D eigenvalue weighted by Crippen LogP contribution is -2.01. The molecule has 23 heavy (non-hydrogen) atoms. The summed E-state index contributed by atoms with van der Waals surface area (Å²) in [6.07, 6.45) is 13.1. The van der Waals surface area contributed by atoms with Gasteiger partial charge in [0, 0.05) is 0 Å². The van der Waals surface area contributed by atoms with Crippen LogP contribution in [0.3, 0.4) is 0 Å². The quantitative estimate of drug-likeness (QED) is 0.238. The Hall–Kier alpha value is -1.85. The van der Waals surface area contributed by atoms with Gasteiger partial charge in [-0.05, 0) is 44.9 Å². The molecular weight excluding hydrogens is 312 g/mol. The van der Waals surface area contributed by atoms with Crippen molar-refractivity contribution in [3.63, 3.8) is 0 Å². The fourth-order valence-electron chi connectivity index (χ4n) is 1.95. The molecule has 2 atom stereocenters. The standard InChI is InChI=1S/C18H22O4S/c1-15-10-12-17(13-11-15)23(19,20)21-14-8-6-4-3-5-7-9-18-16(2)22-18/h4-8,10-14,16,18H,3,9H2,1-2H3/b6-4-,7-5-,14-8+/t16?,18-/m1/s1. The van der Waals surface area contributed by atoms with Gasteiger partial charge < -0.3 is 8.92 Å². The lowest BCUT2D eigenvalue weighted by atomic mass is 10.2. The van der Waals surface area contributed by atoms with Crippen molar-refractivity contribution in [2.45, 2.75) is 43.8 Å². The van der Waals surface area contributed by atoms with Crippen LogP contribution >= 0.6 is 0 Å². The van der Waals surface area contributed by atoms with Crippen LogP contribution in [0.5, 0.6) is 0 Å². The van der Waals surface area contributed by atoms with Gasteiger partial charge in [0.2, 0.25) is 0 Å². The second-order valence-corrected chi connectivity index (χ2v) is 7.01. The van der Waals surface area contributed by atoms with Crippen LogP contribution in [-0.2, 0) is 19.0 Å². The Kier molecular flexibility index (Phi) is 6.19. The first-order chi connectivity index (χ1) is 11.0. The van der Waals surface area contributed by atoms with Crippen LogP contribution in [0.25, 0.3) is 0 Å². The fourth-order valence-corrected chi connectivity index (χ4v) is 2.74. The molecule has 1 unspecified atom stereocenters. The van der Waals surface area contributed by atoms with Gasteiger partial charge in [0.1, 0.15) is 11.2 Å². The van der Waals surface area contributed by atoms with Gasteiger partial charge in [-0.3, -0.25) is 0 Å². The summed E-state index contributed by atoms with van der Waals surface area (Å²) < 4.78 is 33.9. The number of rotatable bonds is 8. The molecule has 0 aromatic heterocycles. The van der Waals surface area contributed by atoms with Crippen LogP contribution in [0.2, 0.25) is 0 Å². The molecule has 4 nitrogen and oxygen atoms in total. The Labute approximate surface area is 138 Å². The van der Waals surface area contributed by atoms with Gasteiger partial charge >= 0.3 is 10.1 Å². The SMILES string of the molecule is Cc1ccc(S(=O)(=O)O/C=C/C=C\C/C=C\C[C@H]2OC2C)cc1. The lowest BCUT2D eigenvalue weighted by molar-refractivity contribution is 0.380. The number of hydrogen-bond acceptors (Lipinski definition) is 4. The third-order valence-corrected chi connectivity index (χ3v) is 4.68. The molecule has 1 heterocycles. The molecule has 0 saturated carbocycles. The third-order valence-electron chi connectivity index (χ3n) is 3.46. The summed E-state index contributed by atoms with van der Waals surface area (Å²) in [6.45, 7) is 3.96. The number of epoxide rings is 1. The molecule has 0 spiro atoms. The van der Waals surface area contributed by atoms with Gasteiger partial charge in [-0.2, -0.15) is 8.42 Å². The average molecular weight is 334 g/mol. The molecule has 0 amide bonds. The summed E-state index contributed by atoms with van der Waals surface area (Å²) in [7, 11) is -3.73. The van der Waals surface area contributed by atoms with E-state index < -0.39 is 10.1 Å². The average Bonchev–Trinajstić information content (AvgIpc) is 3.21. The van der Waals surface area contributed by atoms with Gasteiger partial charge in [0.05, 0.1) is 12.2 Å². The molecule has 2 rings (SSSR count). The number of hydrogen-bond donors (Lipinski definition) is 0. The van der Waals surface area contributed by atoms with E-state index in [1.54, 1.807) is 24.3 Å². The molecule has 0 radical (unpaired) electrons. The van der Waals surface area contributed by atoms with Crippen LogP contribution in [0.1, 0.15) is 25.3 Å². The van der Waals surface area contributed by atoms with Crippen molar-refractivity contribution in [3.8, 4) is 0 Å². The number of ether oxygens (including phenoxy) is 1. The second kappa shape index (κ2) is 8.13. The number of benzene rings is 1. The monoisotopic (exact) mass is 334 g/mol. The highest BCUT2D eigenvalue weighted by molar-refractivity contribution is 7.86. The van der Waals surface area contributed by atoms with Crippen molar-refractivity contribution in [1.82, 2.24) is 0 Å². The molecule has 1 fully saturated rings. The highest BCUT2D eigenvalue weighted by Crippen LogP contribution is 2.24. The second-order valence-electron chi connectivity index (χ2n) is 5.44. The third kappa shape index (κ3) is 6.04. The zero-order valence-electron chi connectivity index (χ0n) is 13.4. The molecule has 1 aliphatic heterocycles. The highest BCUT2D eigenvalue weighted by Gasteiger charge is 2.32. The van der Waals surface area contributed by atoms with Crippen molar-refractivity contribution < 1.29 is 17.3 Å². The maximum Gasteiger partial charge on any atom is 0.338 e. The van der Waals surface area contributed by atoms with Crippen LogP contribution < -0.4 is 0 Å². The zero-order chi connectivity index (χ0) is 16.7. The molecule has 5 heteroatoms. The lowest BCUT2D eigenvalue weighted by Gasteiger charge is -2.02. The number of aryl methyl sites for hydroxylation is 1. The van der Waals surface area contributed by atoms with Gasteiger partial charge in [-0.15, -0.1) is 0 Å². The largest absolute Gasteiger partial charge is 0.387 e. The molecular formula is C18H22O4S. The molecule has 0 N–H and O–H groups in total. The Bertz CT molecular complexity index is 684. The first kappa shape index (κ1) is 17.5. The maximum absolute atomic E-state index is 11.9. The van der Waals surface area contributed by atoms with Gasteiger partial charge in [-0.1, -0.05) is 42.0 Å². The van der Waals surface area contributed by atoms with E-state index in [0.717, 1.165) is 18.4 Å². The first-order valence-electron chi connectivity index (χ1n) is 7.61. The van der Waals surface area contributed by atoms with Crippen LogP contribution in [0.15, 0.2) is 65.8 Å². The summed E-state index contributed by atoms with van der Waals surface area (Å²) >= 11 is 0. The molecule has 1 saturated heterocycles. The van der Waals surface area contributed by atoms with Crippen LogP contribution in [0.4, 0.5) is 0 Å². The fraction of sp³-hybridized carbons (Fsp3) is 0.333. The Morgan fingerprint density at radius 2 is 1.83 bits per heavy atom. The Balaban J connectivity index is 1.70. The minimum absolute atomic E-state index is 0.149. The minimum Gasteiger partial charge on any atom is -0.387 e. The molecule has 0 aliphatic carbocycles. The van der Waals surface area contributed by atoms with E-state index in [0.29, 0.717) is 12.2 Å². The maximum atomic E-state index is 11.9. The highest BCUT2D eigenvalue weighted by atomic mass is 32.2. The topological polar surface area (TPSA) is 55.9 Å². The molecule has 124 valence electrons. The van der Waals surface area contributed by atoms with Gasteiger partial charge in [-0.25, -0.2) is 0 Å². The predicted molar refractivity (Wildman–Crippen MR) is 90.4 cm³/mol. The predicted octanol–water partition coefficient (Wildman–Crippen LogP) is 3.89. The summed E-state index contributed by atoms with van der Waals surface area (Å²) in [4.78, 5) is 0.149. The van der Waals surface area contributed by atoms with Crippen LogP contribution in [-0.4, -0.2) is 20.6 Å².